The number of methoxy groups -OCH3 is 1. The van der Waals surface area contributed by atoms with Gasteiger partial charge in [-0.05, 0) is 25.7 Å². The number of carbonyl (C=O) groups excluding carboxylic acids is 1. The molecule has 1 aliphatic carbocycles. The van der Waals surface area contributed by atoms with Gasteiger partial charge in [-0.2, -0.15) is 0 Å². The predicted octanol–water partition coefficient (Wildman–Crippen LogP) is 2.27. The second-order valence-corrected chi connectivity index (χ2v) is 5.16. The molecule has 0 bridgehead atoms. The third kappa shape index (κ3) is 2.17. The summed E-state index contributed by atoms with van der Waals surface area (Å²) in [6.45, 7) is 0. The maximum atomic E-state index is 12.1. The predicted molar refractivity (Wildman–Crippen MR) is 66.6 cm³/mol. The van der Waals surface area contributed by atoms with Gasteiger partial charge < -0.3 is 4.74 Å². The molecule has 0 aliphatic heterocycles. The second-order valence-electron chi connectivity index (χ2n) is 4.06. The molecule has 0 unspecified atom stereocenters. The molecule has 0 saturated heterocycles. The topological polar surface area (TPSA) is 38.8 Å². The normalized spacial score (nSPS) is 14.3. The van der Waals surface area contributed by atoms with Crippen LogP contribution in [0.4, 0.5) is 0 Å². The molecule has 2 rings (SSSR count). The van der Waals surface area contributed by atoms with Gasteiger partial charge >= 0.3 is 0 Å². The second kappa shape index (κ2) is 5.06. The van der Waals surface area contributed by atoms with Crippen molar-refractivity contribution in [2.24, 2.45) is 0 Å². The zero-order valence-corrected chi connectivity index (χ0v) is 11.2. The molecule has 5 heteroatoms. The highest BCUT2D eigenvalue weighted by molar-refractivity contribution is 7.14. The minimum atomic E-state index is -0.135. The van der Waals surface area contributed by atoms with Crippen molar-refractivity contribution in [1.82, 2.24) is 5.06 Å². The number of hydrogen-bond acceptors (Lipinski definition) is 4. The van der Waals surface area contributed by atoms with Crippen molar-refractivity contribution in [2.75, 3.05) is 21.3 Å². The Balaban J connectivity index is 2.40. The highest BCUT2D eigenvalue weighted by Gasteiger charge is 2.27. The Kier molecular flexibility index (Phi) is 3.69. The highest BCUT2D eigenvalue weighted by Crippen LogP contribution is 2.40. The summed E-state index contributed by atoms with van der Waals surface area (Å²) >= 11 is 1.54. The van der Waals surface area contributed by atoms with Gasteiger partial charge in [0.1, 0.15) is 10.6 Å². The molecule has 1 aromatic rings. The summed E-state index contributed by atoms with van der Waals surface area (Å²) in [7, 11) is 4.72. The van der Waals surface area contributed by atoms with Crippen LogP contribution in [0.15, 0.2) is 0 Å². The van der Waals surface area contributed by atoms with Crippen LogP contribution < -0.4 is 4.74 Å². The molecule has 94 valence electrons. The van der Waals surface area contributed by atoms with Crippen LogP contribution in [0, 0.1) is 0 Å². The van der Waals surface area contributed by atoms with E-state index in [1.807, 2.05) is 0 Å². The van der Waals surface area contributed by atoms with Gasteiger partial charge in [-0.25, -0.2) is 5.06 Å². The molecule has 1 amide bonds. The first kappa shape index (κ1) is 12.4. The molecular weight excluding hydrogens is 238 g/mol. The van der Waals surface area contributed by atoms with E-state index in [0.29, 0.717) is 4.88 Å². The van der Waals surface area contributed by atoms with Crippen LogP contribution in [0.25, 0.3) is 0 Å². The molecule has 0 N–H and O–H groups in total. The Bertz CT molecular complexity index is 428. The fourth-order valence-electron chi connectivity index (χ4n) is 2.12. The van der Waals surface area contributed by atoms with Crippen LogP contribution in [-0.2, 0) is 17.7 Å². The Morgan fingerprint density at radius 2 is 2.00 bits per heavy atom. The van der Waals surface area contributed by atoms with E-state index in [-0.39, 0.29) is 5.91 Å². The van der Waals surface area contributed by atoms with Crippen LogP contribution >= 0.6 is 11.3 Å². The SMILES string of the molecule is COc1c(C(=O)N(C)OC)sc2c1CCCC2. The summed E-state index contributed by atoms with van der Waals surface area (Å²) in [6, 6.07) is 0. The van der Waals surface area contributed by atoms with Crippen molar-refractivity contribution >= 4 is 17.2 Å². The molecule has 0 atom stereocenters. The van der Waals surface area contributed by atoms with Crippen LogP contribution in [0.1, 0.15) is 33.0 Å². The first-order valence-corrected chi connectivity index (χ1v) is 6.51. The van der Waals surface area contributed by atoms with E-state index in [1.165, 1.54) is 35.5 Å². The molecule has 0 aromatic carbocycles. The molecule has 0 radical (unpaired) electrons. The van der Waals surface area contributed by atoms with Gasteiger partial charge in [0, 0.05) is 17.5 Å². The van der Waals surface area contributed by atoms with Crippen LogP contribution in [0.2, 0.25) is 0 Å². The molecule has 0 spiro atoms. The van der Waals surface area contributed by atoms with Gasteiger partial charge in [-0.15, -0.1) is 11.3 Å². The lowest BCUT2D eigenvalue weighted by Crippen LogP contribution is -2.24. The van der Waals surface area contributed by atoms with E-state index >= 15 is 0 Å². The maximum absolute atomic E-state index is 12.1. The number of carbonyl (C=O) groups is 1. The lowest BCUT2D eigenvalue weighted by Gasteiger charge is -2.14. The van der Waals surface area contributed by atoms with Crippen molar-refractivity contribution in [1.29, 1.82) is 0 Å². The zero-order chi connectivity index (χ0) is 12.4. The van der Waals surface area contributed by atoms with Gasteiger partial charge in [-0.1, -0.05) is 0 Å². The number of ether oxygens (including phenoxy) is 1. The molecule has 1 heterocycles. The summed E-state index contributed by atoms with van der Waals surface area (Å²) in [5.41, 5.74) is 1.22. The number of hydrogen-bond donors (Lipinski definition) is 0. The van der Waals surface area contributed by atoms with Gasteiger partial charge in [0.25, 0.3) is 5.91 Å². The highest BCUT2D eigenvalue weighted by atomic mass is 32.1. The Morgan fingerprint density at radius 3 is 2.65 bits per heavy atom. The van der Waals surface area contributed by atoms with Crippen molar-refractivity contribution in [2.45, 2.75) is 25.7 Å². The number of amides is 1. The Hall–Kier alpha value is -1.07. The maximum Gasteiger partial charge on any atom is 0.291 e. The Labute approximate surface area is 105 Å². The fraction of sp³-hybridized carbons (Fsp3) is 0.583. The fourth-order valence-corrected chi connectivity index (χ4v) is 3.45. The summed E-state index contributed by atoms with van der Waals surface area (Å²) in [5.74, 6) is 0.613. The molecule has 17 heavy (non-hydrogen) atoms. The van der Waals surface area contributed by atoms with E-state index in [1.54, 1.807) is 25.5 Å². The lowest BCUT2D eigenvalue weighted by atomic mass is 9.98. The van der Waals surface area contributed by atoms with Crippen molar-refractivity contribution in [3.8, 4) is 5.75 Å². The van der Waals surface area contributed by atoms with E-state index in [9.17, 15) is 4.79 Å². The number of nitrogens with zero attached hydrogens (tertiary/aromatic N) is 1. The third-order valence-electron chi connectivity index (χ3n) is 3.08. The van der Waals surface area contributed by atoms with Gasteiger partial charge in [0.15, 0.2) is 0 Å². The first-order valence-electron chi connectivity index (χ1n) is 5.69. The minimum Gasteiger partial charge on any atom is -0.495 e. The first-order chi connectivity index (χ1) is 8.19. The number of rotatable bonds is 3. The average molecular weight is 255 g/mol. The van der Waals surface area contributed by atoms with Gasteiger partial charge in [0.2, 0.25) is 0 Å². The number of thiophene rings is 1. The summed E-state index contributed by atoms with van der Waals surface area (Å²) in [4.78, 5) is 19.0. The quantitative estimate of drug-likeness (QED) is 0.778. The van der Waals surface area contributed by atoms with E-state index in [4.69, 9.17) is 9.57 Å². The van der Waals surface area contributed by atoms with Crippen LogP contribution in [0.3, 0.4) is 0 Å². The lowest BCUT2D eigenvalue weighted by molar-refractivity contribution is -0.0755. The van der Waals surface area contributed by atoms with Crippen LogP contribution in [-0.4, -0.2) is 32.2 Å². The van der Waals surface area contributed by atoms with E-state index in [2.05, 4.69) is 0 Å². The monoisotopic (exact) mass is 255 g/mol. The Morgan fingerprint density at radius 1 is 1.29 bits per heavy atom. The molecule has 0 saturated carbocycles. The number of hydroxylamine groups is 2. The summed E-state index contributed by atoms with van der Waals surface area (Å²) < 4.78 is 5.41. The molecule has 0 fully saturated rings. The van der Waals surface area contributed by atoms with E-state index < -0.39 is 0 Å². The number of fused-ring (bicyclic) bond motifs is 1. The minimum absolute atomic E-state index is 0.135. The molecule has 4 nitrogen and oxygen atoms in total. The average Bonchev–Trinajstić information content (AvgIpc) is 2.75. The van der Waals surface area contributed by atoms with Crippen molar-refractivity contribution in [3.05, 3.63) is 15.3 Å². The molecule has 1 aromatic heterocycles. The summed E-state index contributed by atoms with van der Waals surface area (Å²) in [6.07, 6.45) is 4.44. The van der Waals surface area contributed by atoms with Crippen molar-refractivity contribution < 1.29 is 14.4 Å². The standard InChI is InChI=1S/C12H17NO3S/c1-13(16-3)12(14)11-10(15-2)8-6-4-5-7-9(8)17-11/h4-7H2,1-3H3. The zero-order valence-electron chi connectivity index (χ0n) is 10.4. The largest absolute Gasteiger partial charge is 0.495 e. The van der Waals surface area contributed by atoms with Gasteiger partial charge in [-0.3, -0.25) is 9.63 Å². The molecular formula is C12H17NO3S. The smallest absolute Gasteiger partial charge is 0.291 e. The summed E-state index contributed by atoms with van der Waals surface area (Å²) in [5, 5.41) is 1.24. The van der Waals surface area contributed by atoms with Gasteiger partial charge in [0.05, 0.1) is 14.2 Å². The van der Waals surface area contributed by atoms with Crippen LogP contribution in [0.5, 0.6) is 5.75 Å². The van der Waals surface area contributed by atoms with E-state index in [0.717, 1.165) is 18.6 Å². The third-order valence-corrected chi connectivity index (χ3v) is 4.34. The van der Waals surface area contributed by atoms with Crippen molar-refractivity contribution in [3.63, 3.8) is 0 Å². The molecule has 1 aliphatic rings. The number of aryl methyl sites for hydroxylation is 1.